The molecule has 5 nitrogen and oxygen atoms in total. The summed E-state index contributed by atoms with van der Waals surface area (Å²) in [5, 5.41) is 6.73. The monoisotopic (exact) mass is 332 g/mol. The highest BCUT2D eigenvalue weighted by Crippen LogP contribution is 2.30. The predicted molar refractivity (Wildman–Crippen MR) is 101 cm³/mol. The topological polar surface area (TPSA) is 48.9 Å². The molecule has 0 unspecified atom stereocenters. The maximum Gasteiger partial charge on any atom is 0.191 e. The number of nitrogens with one attached hydrogen (secondary N) is 2. The summed E-state index contributed by atoms with van der Waals surface area (Å²) in [5.74, 6) is 2.56. The first-order valence-electron chi connectivity index (χ1n) is 8.95. The van der Waals surface area contributed by atoms with Crippen LogP contribution in [-0.2, 0) is 6.54 Å². The Morgan fingerprint density at radius 1 is 1.29 bits per heavy atom. The van der Waals surface area contributed by atoms with E-state index in [9.17, 15) is 0 Å². The van der Waals surface area contributed by atoms with Crippen molar-refractivity contribution in [1.29, 1.82) is 0 Å². The fourth-order valence-corrected chi connectivity index (χ4v) is 2.29. The minimum atomic E-state index is 0.553. The molecule has 1 aliphatic rings. The van der Waals surface area contributed by atoms with Gasteiger partial charge in [0.1, 0.15) is 5.75 Å². The molecular weight excluding hydrogens is 300 g/mol. The van der Waals surface area contributed by atoms with Gasteiger partial charge < -0.3 is 20.3 Å². The van der Waals surface area contributed by atoms with Crippen LogP contribution in [-0.4, -0.2) is 50.7 Å². The van der Waals surface area contributed by atoms with Gasteiger partial charge in [-0.3, -0.25) is 4.99 Å². The lowest BCUT2D eigenvalue weighted by Crippen LogP contribution is -2.41. The first-order chi connectivity index (χ1) is 11.6. The summed E-state index contributed by atoms with van der Waals surface area (Å²) in [6.07, 6.45) is 2.61. The van der Waals surface area contributed by atoms with Crippen molar-refractivity contribution in [2.75, 3.05) is 33.8 Å². The molecule has 0 spiro atoms. The predicted octanol–water partition coefficient (Wildman–Crippen LogP) is 2.48. The highest BCUT2D eigenvalue weighted by Gasteiger charge is 2.22. The number of hydrogen-bond acceptors (Lipinski definition) is 3. The number of likely N-dealkylation sites (N-methyl/N-ethyl adjacent to an activating group) is 1. The lowest BCUT2D eigenvalue weighted by Gasteiger charge is -2.21. The highest BCUT2D eigenvalue weighted by atomic mass is 16.5. The van der Waals surface area contributed by atoms with Crippen LogP contribution in [0.3, 0.4) is 0 Å². The number of benzene rings is 1. The van der Waals surface area contributed by atoms with Gasteiger partial charge in [0, 0.05) is 38.3 Å². The van der Waals surface area contributed by atoms with E-state index in [4.69, 9.17) is 4.74 Å². The number of ether oxygens (including phenoxy) is 1. The Balaban J connectivity index is 1.77. The zero-order valence-corrected chi connectivity index (χ0v) is 15.5. The third-order valence-electron chi connectivity index (χ3n) is 4.45. The maximum absolute atomic E-state index is 5.96. The number of hydrogen-bond donors (Lipinski definition) is 2. The van der Waals surface area contributed by atoms with Crippen molar-refractivity contribution < 1.29 is 4.74 Å². The Morgan fingerprint density at radius 3 is 2.71 bits per heavy atom. The molecule has 0 atom stereocenters. The number of aliphatic imine (C=N–C) groups is 1. The number of nitrogens with zero attached hydrogens (tertiary/aromatic N) is 2. The molecule has 1 saturated carbocycles. The summed E-state index contributed by atoms with van der Waals surface area (Å²) in [5.41, 5.74) is 1.17. The van der Waals surface area contributed by atoms with E-state index in [-0.39, 0.29) is 0 Å². The fourth-order valence-electron chi connectivity index (χ4n) is 2.29. The summed E-state index contributed by atoms with van der Waals surface area (Å²) in [4.78, 5) is 6.60. The van der Waals surface area contributed by atoms with E-state index < -0.39 is 0 Å². The van der Waals surface area contributed by atoms with E-state index in [0.717, 1.165) is 37.3 Å². The molecule has 1 aromatic rings. The normalized spacial score (nSPS) is 15.0. The molecule has 0 aliphatic heterocycles. The van der Waals surface area contributed by atoms with Crippen LogP contribution in [0.5, 0.6) is 5.75 Å². The summed E-state index contributed by atoms with van der Waals surface area (Å²) < 4.78 is 5.96. The molecule has 1 aromatic carbocycles. The first kappa shape index (κ1) is 18.6. The van der Waals surface area contributed by atoms with Gasteiger partial charge in [-0.25, -0.2) is 0 Å². The van der Waals surface area contributed by atoms with Gasteiger partial charge in [-0.1, -0.05) is 18.2 Å². The Morgan fingerprint density at radius 2 is 2.04 bits per heavy atom. The van der Waals surface area contributed by atoms with Crippen LogP contribution in [0.25, 0.3) is 0 Å². The molecule has 0 saturated heterocycles. The third kappa shape index (κ3) is 6.40. The van der Waals surface area contributed by atoms with Crippen LogP contribution in [0.2, 0.25) is 0 Å². The highest BCUT2D eigenvalue weighted by molar-refractivity contribution is 5.79. The SMILES string of the molecule is CN=C(NCCN(C)C(C)C)NCc1ccccc1OCC1CC1. The zero-order chi connectivity index (χ0) is 17.4. The van der Waals surface area contributed by atoms with Gasteiger partial charge in [-0.05, 0) is 45.7 Å². The smallest absolute Gasteiger partial charge is 0.191 e. The largest absolute Gasteiger partial charge is 0.493 e. The molecule has 2 rings (SSSR count). The van der Waals surface area contributed by atoms with E-state index in [1.807, 2.05) is 12.1 Å². The van der Waals surface area contributed by atoms with Crippen LogP contribution in [0.4, 0.5) is 0 Å². The minimum Gasteiger partial charge on any atom is -0.493 e. The van der Waals surface area contributed by atoms with Gasteiger partial charge in [0.2, 0.25) is 0 Å². The van der Waals surface area contributed by atoms with Crippen LogP contribution in [0.15, 0.2) is 29.3 Å². The molecule has 5 heteroatoms. The molecule has 0 bridgehead atoms. The van der Waals surface area contributed by atoms with Crippen LogP contribution < -0.4 is 15.4 Å². The van der Waals surface area contributed by atoms with Crippen LogP contribution in [0.1, 0.15) is 32.3 Å². The van der Waals surface area contributed by atoms with Crippen molar-refractivity contribution in [3.8, 4) is 5.75 Å². The van der Waals surface area contributed by atoms with Gasteiger partial charge in [-0.2, -0.15) is 0 Å². The fraction of sp³-hybridized carbons (Fsp3) is 0.632. The van der Waals surface area contributed by atoms with Crippen molar-refractivity contribution >= 4 is 5.96 Å². The van der Waals surface area contributed by atoms with E-state index >= 15 is 0 Å². The second-order valence-electron chi connectivity index (χ2n) is 6.79. The average molecular weight is 332 g/mol. The van der Waals surface area contributed by atoms with Gasteiger partial charge in [-0.15, -0.1) is 0 Å². The van der Waals surface area contributed by atoms with Crippen LogP contribution >= 0.6 is 0 Å². The maximum atomic E-state index is 5.96. The average Bonchev–Trinajstić information content (AvgIpc) is 3.40. The first-order valence-corrected chi connectivity index (χ1v) is 8.95. The van der Waals surface area contributed by atoms with E-state index in [2.05, 4.69) is 53.6 Å². The van der Waals surface area contributed by atoms with Crippen molar-refractivity contribution in [3.05, 3.63) is 29.8 Å². The molecule has 134 valence electrons. The Bertz CT molecular complexity index is 526. The minimum absolute atomic E-state index is 0.553. The van der Waals surface area contributed by atoms with E-state index in [0.29, 0.717) is 12.6 Å². The Hall–Kier alpha value is -1.75. The number of para-hydroxylation sites is 1. The second-order valence-corrected chi connectivity index (χ2v) is 6.79. The molecule has 0 aromatic heterocycles. The molecule has 1 aliphatic carbocycles. The summed E-state index contributed by atoms with van der Waals surface area (Å²) in [6.45, 7) is 7.80. The van der Waals surface area contributed by atoms with Gasteiger partial charge in [0.25, 0.3) is 0 Å². The third-order valence-corrected chi connectivity index (χ3v) is 4.45. The van der Waals surface area contributed by atoms with E-state index in [1.165, 1.54) is 18.4 Å². The van der Waals surface area contributed by atoms with Crippen molar-refractivity contribution in [2.24, 2.45) is 10.9 Å². The number of guanidine groups is 1. The van der Waals surface area contributed by atoms with Crippen LogP contribution in [0, 0.1) is 5.92 Å². The van der Waals surface area contributed by atoms with Gasteiger partial charge >= 0.3 is 0 Å². The summed E-state index contributed by atoms with van der Waals surface area (Å²) in [7, 11) is 3.94. The van der Waals surface area contributed by atoms with Crippen molar-refractivity contribution in [1.82, 2.24) is 15.5 Å². The quantitative estimate of drug-likeness (QED) is 0.539. The van der Waals surface area contributed by atoms with Crippen molar-refractivity contribution in [2.45, 2.75) is 39.3 Å². The molecule has 0 heterocycles. The Labute approximate surface area is 146 Å². The molecule has 0 amide bonds. The molecule has 1 fully saturated rings. The van der Waals surface area contributed by atoms with Gasteiger partial charge in [0.05, 0.1) is 6.61 Å². The molecule has 2 N–H and O–H groups in total. The zero-order valence-electron chi connectivity index (χ0n) is 15.5. The van der Waals surface area contributed by atoms with E-state index in [1.54, 1.807) is 7.05 Å². The summed E-state index contributed by atoms with van der Waals surface area (Å²) >= 11 is 0. The molecule has 24 heavy (non-hydrogen) atoms. The molecule has 0 radical (unpaired) electrons. The summed E-state index contributed by atoms with van der Waals surface area (Å²) in [6, 6.07) is 8.79. The lowest BCUT2D eigenvalue weighted by atomic mass is 10.2. The Kier molecular flexibility index (Phi) is 7.37. The standard InChI is InChI=1S/C19H32N4O/c1-15(2)23(4)12-11-21-19(20-3)22-13-17-7-5-6-8-18(17)24-14-16-9-10-16/h5-8,15-16H,9-14H2,1-4H3,(H2,20,21,22). The second kappa shape index (κ2) is 9.52. The van der Waals surface area contributed by atoms with Crippen molar-refractivity contribution in [3.63, 3.8) is 0 Å². The number of rotatable bonds is 9. The van der Waals surface area contributed by atoms with Gasteiger partial charge in [0.15, 0.2) is 5.96 Å². The lowest BCUT2D eigenvalue weighted by molar-refractivity contribution is 0.278. The molecular formula is C19H32N4O.